The first-order chi connectivity index (χ1) is 10.6. The van der Waals surface area contributed by atoms with Crippen LogP contribution >= 0.6 is 0 Å². The van der Waals surface area contributed by atoms with E-state index in [1.165, 1.54) is 25.7 Å². The van der Waals surface area contributed by atoms with Crippen molar-refractivity contribution in [2.24, 2.45) is 11.8 Å². The van der Waals surface area contributed by atoms with Crippen molar-refractivity contribution in [1.29, 1.82) is 0 Å². The second kappa shape index (κ2) is 5.62. The first kappa shape index (κ1) is 14.7. The van der Waals surface area contributed by atoms with Crippen molar-refractivity contribution in [3.63, 3.8) is 0 Å². The summed E-state index contributed by atoms with van der Waals surface area (Å²) in [7, 11) is -3.31. The summed E-state index contributed by atoms with van der Waals surface area (Å²) < 4.78 is 27.0. The highest BCUT2D eigenvalue weighted by Gasteiger charge is 2.43. The van der Waals surface area contributed by atoms with Gasteiger partial charge in [-0.15, -0.1) is 0 Å². The number of sulfonamides is 1. The number of fused-ring (bicyclic) bond motifs is 2. The van der Waals surface area contributed by atoms with E-state index < -0.39 is 10.0 Å². The Kier molecular flexibility index (Phi) is 3.75. The maximum absolute atomic E-state index is 12.7. The van der Waals surface area contributed by atoms with Crippen LogP contribution in [0.4, 0.5) is 0 Å². The van der Waals surface area contributed by atoms with Crippen molar-refractivity contribution in [2.45, 2.75) is 36.6 Å². The number of benzene rings is 1. The van der Waals surface area contributed by atoms with E-state index >= 15 is 0 Å². The van der Waals surface area contributed by atoms with Crippen LogP contribution < -0.4 is 0 Å². The van der Waals surface area contributed by atoms with Crippen molar-refractivity contribution in [3.05, 3.63) is 30.3 Å². The first-order valence-electron chi connectivity index (χ1n) is 8.44. The predicted octanol–water partition coefficient (Wildman–Crippen LogP) is 2.18. The lowest BCUT2D eigenvalue weighted by Gasteiger charge is -2.40. The molecule has 4 nitrogen and oxygen atoms in total. The number of hydrogen-bond acceptors (Lipinski definition) is 3. The fraction of sp³-hybridized carbons (Fsp3) is 0.647. The molecule has 120 valence electrons. The quantitative estimate of drug-likeness (QED) is 0.857. The third-order valence-corrected chi connectivity index (χ3v) is 7.74. The standard InChI is InChI=1S/C17H24N2O2S/c20-22(21,16-4-2-1-3-5-16)19-10-8-18(9-11-19)17-13-14-6-7-15(17)12-14/h1-5,14-15,17H,6-13H2/t14-,15-,17+/m0/s1. The average molecular weight is 320 g/mol. The van der Waals surface area contributed by atoms with Crippen molar-refractivity contribution in [3.8, 4) is 0 Å². The maximum atomic E-state index is 12.7. The Bertz CT molecular complexity index is 623. The molecule has 2 saturated carbocycles. The van der Waals surface area contributed by atoms with E-state index in [9.17, 15) is 8.42 Å². The van der Waals surface area contributed by atoms with Gasteiger partial charge in [0.15, 0.2) is 0 Å². The number of piperazine rings is 1. The Labute approximate surface area is 133 Å². The molecule has 3 fully saturated rings. The molecule has 5 heteroatoms. The molecule has 1 aliphatic heterocycles. The van der Waals surface area contributed by atoms with Gasteiger partial charge in [-0.2, -0.15) is 4.31 Å². The van der Waals surface area contributed by atoms with E-state index in [1.807, 2.05) is 6.07 Å². The minimum Gasteiger partial charge on any atom is -0.297 e. The zero-order valence-electron chi connectivity index (χ0n) is 12.9. The van der Waals surface area contributed by atoms with Crippen LogP contribution in [-0.4, -0.2) is 49.8 Å². The molecule has 1 heterocycles. The Balaban J connectivity index is 1.42. The van der Waals surface area contributed by atoms with Crippen molar-refractivity contribution < 1.29 is 8.42 Å². The fourth-order valence-corrected chi connectivity index (χ4v) is 6.12. The molecular formula is C17H24N2O2S. The zero-order chi connectivity index (χ0) is 15.2. The zero-order valence-corrected chi connectivity index (χ0v) is 13.7. The van der Waals surface area contributed by atoms with Crippen LogP contribution in [0.15, 0.2) is 35.2 Å². The van der Waals surface area contributed by atoms with Gasteiger partial charge < -0.3 is 0 Å². The highest BCUT2D eigenvalue weighted by atomic mass is 32.2. The van der Waals surface area contributed by atoms with Crippen LogP contribution in [0.25, 0.3) is 0 Å². The Morgan fingerprint density at radius 1 is 0.909 bits per heavy atom. The highest BCUT2D eigenvalue weighted by molar-refractivity contribution is 7.89. The second-order valence-corrected chi connectivity index (χ2v) is 8.93. The Morgan fingerprint density at radius 2 is 1.64 bits per heavy atom. The molecule has 0 spiro atoms. The first-order valence-corrected chi connectivity index (χ1v) is 9.88. The molecule has 3 atom stereocenters. The SMILES string of the molecule is O=S(=O)(c1ccccc1)N1CCN([C@@H]2C[C@H]3CC[C@H]2C3)CC1. The van der Waals surface area contributed by atoms with Crippen LogP contribution in [0.2, 0.25) is 0 Å². The molecule has 0 unspecified atom stereocenters. The molecule has 0 aromatic heterocycles. The topological polar surface area (TPSA) is 40.6 Å². The van der Waals surface area contributed by atoms with E-state index in [-0.39, 0.29) is 0 Å². The van der Waals surface area contributed by atoms with Gasteiger partial charge in [-0.1, -0.05) is 24.6 Å². The van der Waals surface area contributed by atoms with Crippen molar-refractivity contribution in [1.82, 2.24) is 9.21 Å². The summed E-state index contributed by atoms with van der Waals surface area (Å²) in [4.78, 5) is 2.98. The van der Waals surface area contributed by atoms with Gasteiger partial charge in [-0.05, 0) is 43.2 Å². The van der Waals surface area contributed by atoms with Gasteiger partial charge in [0, 0.05) is 32.2 Å². The number of hydrogen-bond donors (Lipinski definition) is 0. The summed E-state index contributed by atoms with van der Waals surface area (Å²) in [5.74, 6) is 1.82. The molecule has 22 heavy (non-hydrogen) atoms. The average Bonchev–Trinajstić information content (AvgIpc) is 3.19. The third kappa shape index (κ3) is 2.49. The van der Waals surface area contributed by atoms with Crippen LogP contribution in [0, 0.1) is 11.8 Å². The molecule has 1 aromatic rings. The van der Waals surface area contributed by atoms with Gasteiger partial charge >= 0.3 is 0 Å². The lowest BCUT2D eigenvalue weighted by atomic mass is 9.93. The Morgan fingerprint density at radius 3 is 2.23 bits per heavy atom. The van der Waals surface area contributed by atoms with Crippen molar-refractivity contribution in [2.75, 3.05) is 26.2 Å². The number of rotatable bonds is 3. The van der Waals surface area contributed by atoms with E-state index in [4.69, 9.17) is 0 Å². The normalized spacial score (nSPS) is 33.4. The molecule has 1 saturated heterocycles. The molecule has 3 aliphatic rings. The highest BCUT2D eigenvalue weighted by Crippen LogP contribution is 2.46. The van der Waals surface area contributed by atoms with Crippen LogP contribution in [0.5, 0.6) is 0 Å². The minimum atomic E-state index is -3.31. The summed E-state index contributed by atoms with van der Waals surface area (Å²) in [6.45, 7) is 3.04. The summed E-state index contributed by atoms with van der Waals surface area (Å²) in [6, 6.07) is 9.54. The van der Waals surface area contributed by atoms with Gasteiger partial charge in [0.25, 0.3) is 0 Å². The van der Waals surface area contributed by atoms with Gasteiger partial charge in [0.2, 0.25) is 10.0 Å². The number of nitrogens with zero attached hydrogens (tertiary/aromatic N) is 2. The minimum absolute atomic E-state index is 0.420. The molecule has 2 bridgehead atoms. The molecular weight excluding hydrogens is 296 g/mol. The lowest BCUT2D eigenvalue weighted by Crippen LogP contribution is -2.53. The lowest BCUT2D eigenvalue weighted by molar-refractivity contribution is 0.101. The van der Waals surface area contributed by atoms with Gasteiger partial charge in [0.05, 0.1) is 4.90 Å². The van der Waals surface area contributed by atoms with Crippen LogP contribution in [0.1, 0.15) is 25.7 Å². The Hall–Kier alpha value is -0.910. The summed E-state index contributed by atoms with van der Waals surface area (Å²) in [6.07, 6.45) is 5.56. The van der Waals surface area contributed by atoms with Crippen LogP contribution in [-0.2, 0) is 10.0 Å². The van der Waals surface area contributed by atoms with Gasteiger partial charge in [-0.25, -0.2) is 8.42 Å². The van der Waals surface area contributed by atoms with Crippen LogP contribution in [0.3, 0.4) is 0 Å². The van der Waals surface area contributed by atoms with Gasteiger partial charge in [-0.3, -0.25) is 4.90 Å². The summed E-state index contributed by atoms with van der Waals surface area (Å²) >= 11 is 0. The molecule has 0 amide bonds. The smallest absolute Gasteiger partial charge is 0.243 e. The molecule has 0 N–H and O–H groups in total. The summed E-state index contributed by atoms with van der Waals surface area (Å²) in [5, 5.41) is 0. The van der Waals surface area contributed by atoms with E-state index in [0.29, 0.717) is 18.0 Å². The largest absolute Gasteiger partial charge is 0.297 e. The molecule has 2 aliphatic carbocycles. The maximum Gasteiger partial charge on any atom is 0.243 e. The van der Waals surface area contributed by atoms with E-state index in [1.54, 1.807) is 28.6 Å². The van der Waals surface area contributed by atoms with Crippen molar-refractivity contribution >= 4 is 10.0 Å². The predicted molar refractivity (Wildman–Crippen MR) is 86.0 cm³/mol. The van der Waals surface area contributed by atoms with E-state index in [2.05, 4.69) is 4.90 Å². The molecule has 1 aromatic carbocycles. The summed E-state index contributed by atoms with van der Waals surface area (Å²) in [5.41, 5.74) is 0. The fourth-order valence-electron chi connectivity index (χ4n) is 4.68. The second-order valence-electron chi connectivity index (χ2n) is 7.00. The van der Waals surface area contributed by atoms with Gasteiger partial charge in [0.1, 0.15) is 0 Å². The van der Waals surface area contributed by atoms with E-state index in [0.717, 1.165) is 31.0 Å². The molecule has 0 radical (unpaired) electrons. The molecule has 4 rings (SSSR count). The monoisotopic (exact) mass is 320 g/mol. The third-order valence-electron chi connectivity index (χ3n) is 5.82.